The van der Waals surface area contributed by atoms with Gasteiger partial charge in [0, 0.05) is 0 Å². The lowest BCUT2D eigenvalue weighted by molar-refractivity contribution is -0.364. The number of ether oxygens (including phenoxy) is 8. The first kappa shape index (κ1) is 60.0. The highest BCUT2D eigenvalue weighted by atomic mass is 16.8. The minimum Gasteiger partial charge on any atom is -0.432 e. The first-order valence-corrected chi connectivity index (χ1v) is 27.8. The van der Waals surface area contributed by atoms with Crippen LogP contribution in [0, 0.1) is 50.2 Å². The van der Waals surface area contributed by atoms with Crippen LogP contribution in [0.15, 0.2) is 11.6 Å². The fourth-order valence-corrected chi connectivity index (χ4v) is 16.2. The number of hydrogen-bond acceptors (Lipinski definition) is 23. The Morgan fingerprint density at radius 1 is 0.545 bits per heavy atom. The van der Waals surface area contributed by atoms with Crippen LogP contribution in [0.1, 0.15) is 113 Å². The molecule has 4 saturated carbocycles. The maximum atomic E-state index is 15.4. The highest BCUT2D eigenvalue weighted by Crippen LogP contribution is 2.76. The molecule has 0 unspecified atom stereocenters. The van der Waals surface area contributed by atoms with Gasteiger partial charge >= 0.3 is 5.97 Å². The topological polar surface area (TPSA) is 374 Å². The molecular weight excluding hydrogens is 1020 g/mol. The largest absolute Gasteiger partial charge is 0.432 e. The van der Waals surface area contributed by atoms with Gasteiger partial charge in [-0.3, -0.25) is 4.79 Å². The van der Waals surface area contributed by atoms with Crippen LogP contribution >= 0.6 is 0 Å². The number of carbonyl (C=O) groups is 1. The van der Waals surface area contributed by atoms with Crippen LogP contribution < -0.4 is 0 Å². The van der Waals surface area contributed by atoms with Gasteiger partial charge in [-0.2, -0.15) is 0 Å². The Labute approximate surface area is 449 Å². The molecule has 23 heteroatoms. The quantitative estimate of drug-likeness (QED) is 0.0740. The van der Waals surface area contributed by atoms with Crippen LogP contribution in [0.2, 0.25) is 0 Å². The van der Waals surface area contributed by atoms with Gasteiger partial charge < -0.3 is 109 Å². The second kappa shape index (κ2) is 21.8. The SMILES string of the molecule is CC1(C)CC[C@]2(C(=O)O[C@@H]3O[C@H](CO[C@@H]4O[C@H](CO[C@H]5O[C@H](CO)[C@H](O)[C@H](O)[C@H]5O)[C@@H](O)[C@H](O)[C@H]4O)[C@@H](O)[C@H](O[C@@H]4O[C@H](CO)[C@@H](O)[C@H](O)[C@H]4O)[C@H]3O)CC[C@]3(C)C(=CC[C@@H]4[C@@]5(C)CC[C@H](O)C(C)(C)[C@@H]5CC[C@]43C)[C@@H]2C1. The zero-order chi connectivity index (χ0) is 56.3. The van der Waals surface area contributed by atoms with Crippen LogP contribution in [0.5, 0.6) is 0 Å². The van der Waals surface area contributed by atoms with E-state index in [0.29, 0.717) is 43.9 Å². The number of fused-ring (bicyclic) bond motifs is 7. The average Bonchev–Trinajstić information content (AvgIpc) is 3.51. The molecule has 77 heavy (non-hydrogen) atoms. The van der Waals surface area contributed by atoms with Crippen LogP contribution in [-0.4, -0.2) is 233 Å². The molecule has 4 heterocycles. The molecule has 4 aliphatic heterocycles. The van der Waals surface area contributed by atoms with Gasteiger partial charge in [0.25, 0.3) is 0 Å². The third-order valence-electron chi connectivity index (χ3n) is 21.4. The van der Waals surface area contributed by atoms with Gasteiger partial charge in [-0.05, 0) is 109 Å². The second-order valence-corrected chi connectivity index (χ2v) is 26.4. The molecule has 4 saturated heterocycles. The monoisotopic (exact) mass is 1100 g/mol. The number of aliphatic hydroxyl groups excluding tert-OH is 14. The Bertz CT molecular complexity index is 2110. The van der Waals surface area contributed by atoms with Crippen molar-refractivity contribution in [2.45, 2.75) is 242 Å². The molecule has 8 fully saturated rings. The molecule has 0 aromatic rings. The van der Waals surface area contributed by atoms with E-state index in [-0.39, 0.29) is 39.1 Å². The number of carbonyl (C=O) groups excluding carboxylic acids is 1. The Morgan fingerprint density at radius 2 is 1.05 bits per heavy atom. The summed E-state index contributed by atoms with van der Waals surface area (Å²) in [6.07, 6.45) is -26.3. The Morgan fingerprint density at radius 3 is 1.64 bits per heavy atom. The Hall–Kier alpha value is -1.63. The maximum Gasteiger partial charge on any atom is 0.315 e. The summed E-state index contributed by atoms with van der Waals surface area (Å²) < 4.78 is 46.7. The standard InChI is InChI=1S/C54H88O23/c1-49(2)14-16-54(17-15-52(6)23(24(54)18-49)8-9-30-51(5)12-11-31(57)50(3,4)29(51)10-13-53(30,52)7)48(69)77-47-42(68)43(76-46-41(67)37(63)33(59)26(20-56)73-46)35(61)28(75-47)22-71-45-40(66)38(64)34(60)27(74-45)21-70-44-39(65)36(62)32(58)25(19-55)72-44/h8,24-47,55-68H,9-22H2,1-7H3/t24-,25+,26+,27+,28+,29-,30+,31-,32-,33+,34+,35+,36-,37-,38-,39+,40+,41+,42+,43-,44-,45+,46-,47-,51-,52+,53+,54-/m0/s1. The van der Waals surface area contributed by atoms with Crippen molar-refractivity contribution in [2.24, 2.45) is 50.2 Å². The summed E-state index contributed by atoms with van der Waals surface area (Å²) in [5.74, 6) is -0.230. The van der Waals surface area contributed by atoms with E-state index in [2.05, 4.69) is 54.5 Å². The lowest BCUT2D eigenvalue weighted by atomic mass is 9.33. The molecule has 9 aliphatic rings. The number of esters is 1. The van der Waals surface area contributed by atoms with Crippen molar-refractivity contribution in [1.82, 2.24) is 0 Å². The maximum absolute atomic E-state index is 15.4. The van der Waals surface area contributed by atoms with Crippen molar-refractivity contribution < 1.29 is 114 Å². The summed E-state index contributed by atoms with van der Waals surface area (Å²) in [4.78, 5) is 15.4. The molecular formula is C54H88O23. The van der Waals surface area contributed by atoms with E-state index in [4.69, 9.17) is 37.9 Å². The minimum absolute atomic E-state index is 0.0107. The zero-order valence-electron chi connectivity index (χ0n) is 45.3. The van der Waals surface area contributed by atoms with E-state index < -0.39 is 161 Å². The summed E-state index contributed by atoms with van der Waals surface area (Å²) in [6, 6.07) is 0. The lowest BCUT2D eigenvalue weighted by Crippen LogP contribution is -2.66. The Kier molecular flexibility index (Phi) is 17.0. The molecule has 0 bridgehead atoms. The van der Waals surface area contributed by atoms with Crippen LogP contribution in [0.3, 0.4) is 0 Å². The van der Waals surface area contributed by atoms with Gasteiger partial charge in [0.2, 0.25) is 6.29 Å². The summed E-state index contributed by atoms with van der Waals surface area (Å²) in [7, 11) is 0. The van der Waals surface area contributed by atoms with Gasteiger partial charge in [0.05, 0.1) is 37.9 Å². The minimum atomic E-state index is -2.01. The highest BCUT2D eigenvalue weighted by Gasteiger charge is 2.70. The zero-order valence-corrected chi connectivity index (χ0v) is 45.3. The summed E-state index contributed by atoms with van der Waals surface area (Å²) in [5.41, 5.74) is -0.660. The molecule has 0 aromatic carbocycles. The number of rotatable bonds is 12. The van der Waals surface area contributed by atoms with Crippen molar-refractivity contribution >= 4 is 5.97 Å². The van der Waals surface area contributed by atoms with Gasteiger partial charge in [0.15, 0.2) is 18.9 Å². The van der Waals surface area contributed by atoms with Crippen molar-refractivity contribution in [2.75, 3.05) is 26.4 Å². The molecule has 5 aliphatic carbocycles. The number of aliphatic hydroxyl groups is 14. The first-order chi connectivity index (χ1) is 36.0. The van der Waals surface area contributed by atoms with Gasteiger partial charge in [-0.1, -0.05) is 60.1 Å². The molecule has 0 spiro atoms. The average molecular weight is 1110 g/mol. The fraction of sp³-hybridized carbons (Fsp3) is 0.944. The van der Waals surface area contributed by atoms with Crippen molar-refractivity contribution in [3.8, 4) is 0 Å². The second-order valence-electron chi connectivity index (χ2n) is 26.4. The fourth-order valence-electron chi connectivity index (χ4n) is 16.2. The molecule has 0 aromatic heterocycles. The van der Waals surface area contributed by atoms with E-state index >= 15 is 4.79 Å². The van der Waals surface area contributed by atoms with E-state index in [0.717, 1.165) is 32.1 Å². The van der Waals surface area contributed by atoms with E-state index in [1.807, 2.05) is 0 Å². The van der Waals surface area contributed by atoms with E-state index in [1.54, 1.807) is 0 Å². The summed E-state index contributed by atoms with van der Waals surface area (Å²) in [6.45, 7) is 13.1. The first-order valence-electron chi connectivity index (χ1n) is 27.8. The lowest BCUT2D eigenvalue weighted by Gasteiger charge is -2.71. The summed E-state index contributed by atoms with van der Waals surface area (Å²) >= 11 is 0. The van der Waals surface area contributed by atoms with E-state index in [9.17, 15) is 71.5 Å². The van der Waals surface area contributed by atoms with Gasteiger partial charge in [-0.15, -0.1) is 0 Å². The van der Waals surface area contributed by atoms with Crippen LogP contribution in [0.4, 0.5) is 0 Å². The number of allylic oxidation sites excluding steroid dienone is 2. The highest BCUT2D eigenvalue weighted by molar-refractivity contribution is 5.79. The molecule has 0 radical (unpaired) electrons. The summed E-state index contributed by atoms with van der Waals surface area (Å²) in [5, 5.41) is 151. The van der Waals surface area contributed by atoms with Gasteiger partial charge in [0.1, 0.15) is 97.7 Å². The number of hydrogen-bond donors (Lipinski definition) is 14. The van der Waals surface area contributed by atoms with Crippen LogP contribution in [0.25, 0.3) is 0 Å². The van der Waals surface area contributed by atoms with Crippen molar-refractivity contribution in [1.29, 1.82) is 0 Å². The molecule has 28 atom stereocenters. The van der Waals surface area contributed by atoms with Crippen molar-refractivity contribution in [3.05, 3.63) is 11.6 Å². The van der Waals surface area contributed by atoms with Gasteiger partial charge in [-0.25, -0.2) is 0 Å². The molecule has 442 valence electrons. The molecule has 23 nitrogen and oxygen atoms in total. The predicted molar refractivity (Wildman–Crippen MR) is 263 cm³/mol. The smallest absolute Gasteiger partial charge is 0.315 e. The third-order valence-corrected chi connectivity index (χ3v) is 21.4. The van der Waals surface area contributed by atoms with Crippen molar-refractivity contribution in [3.63, 3.8) is 0 Å². The van der Waals surface area contributed by atoms with E-state index in [1.165, 1.54) is 5.57 Å². The molecule has 0 amide bonds. The third kappa shape index (κ3) is 10.00. The normalized spacial score (nSPS) is 53.4. The van der Waals surface area contributed by atoms with Crippen LogP contribution in [-0.2, 0) is 42.7 Å². The molecule has 14 N–H and O–H groups in total. The molecule has 9 rings (SSSR count). The Balaban J connectivity index is 0.970. The predicted octanol–water partition coefficient (Wildman–Crippen LogP) is -2.04.